The number of amides is 2. The Labute approximate surface area is 190 Å². The van der Waals surface area contributed by atoms with Crippen molar-refractivity contribution in [2.45, 2.75) is 6.42 Å². The normalized spacial score (nSPS) is 15.6. The summed E-state index contributed by atoms with van der Waals surface area (Å²) >= 11 is 0. The van der Waals surface area contributed by atoms with E-state index in [1.54, 1.807) is 36.4 Å². The van der Waals surface area contributed by atoms with Gasteiger partial charge >= 0.3 is 0 Å². The van der Waals surface area contributed by atoms with Crippen molar-refractivity contribution in [2.75, 3.05) is 16.8 Å². The molecule has 5 nitrogen and oxygen atoms in total. The van der Waals surface area contributed by atoms with Gasteiger partial charge in [0.25, 0.3) is 0 Å². The number of nitrogens with zero attached hydrogens (tertiary/aromatic N) is 1. The summed E-state index contributed by atoms with van der Waals surface area (Å²) in [7, 11) is 0. The Kier molecular flexibility index (Phi) is 5.48. The first-order valence-corrected chi connectivity index (χ1v) is 10.7. The maximum absolute atomic E-state index is 13.2. The molecule has 0 spiro atoms. The van der Waals surface area contributed by atoms with Gasteiger partial charge < -0.3 is 15.0 Å². The molecule has 0 saturated carbocycles. The minimum absolute atomic E-state index is 0.117. The van der Waals surface area contributed by atoms with Crippen LogP contribution in [0.1, 0.15) is 6.42 Å². The predicted molar refractivity (Wildman–Crippen MR) is 126 cm³/mol. The molecule has 4 aromatic carbocycles. The van der Waals surface area contributed by atoms with E-state index in [2.05, 4.69) is 5.32 Å². The topological polar surface area (TPSA) is 58.6 Å². The Morgan fingerprint density at radius 1 is 0.909 bits per heavy atom. The highest BCUT2D eigenvalue weighted by Crippen LogP contribution is 2.31. The molecule has 1 aliphatic rings. The van der Waals surface area contributed by atoms with Crippen molar-refractivity contribution in [3.8, 4) is 11.5 Å². The van der Waals surface area contributed by atoms with Crippen LogP contribution in [0.4, 0.5) is 15.8 Å². The van der Waals surface area contributed by atoms with Gasteiger partial charge in [0, 0.05) is 29.7 Å². The fourth-order valence-corrected chi connectivity index (χ4v) is 4.02. The van der Waals surface area contributed by atoms with Gasteiger partial charge in [0.05, 0.1) is 5.92 Å². The molecule has 164 valence electrons. The Bertz CT molecular complexity index is 1310. The molecule has 1 atom stereocenters. The third kappa shape index (κ3) is 4.41. The number of halogens is 1. The molecule has 2 amide bonds. The quantitative estimate of drug-likeness (QED) is 0.429. The first-order valence-electron chi connectivity index (χ1n) is 10.7. The standard InChI is InChI=1S/C27H21FN2O3/c28-20-8-12-22(13-9-20)30-17-19(16-26(30)31)27(32)29-21-10-14-23(15-11-21)33-25-7-3-5-18-4-1-2-6-24(18)25/h1-15,19H,16-17H2,(H,29,32)/t19-/m0/s1. The SMILES string of the molecule is O=C(Nc1ccc(Oc2cccc3ccccc23)cc1)[C@H]1CC(=O)N(c2ccc(F)cc2)C1. The van der Waals surface area contributed by atoms with Gasteiger partial charge in [-0.3, -0.25) is 9.59 Å². The molecule has 1 aliphatic heterocycles. The lowest BCUT2D eigenvalue weighted by atomic mass is 10.1. The highest BCUT2D eigenvalue weighted by molar-refractivity contribution is 6.03. The van der Waals surface area contributed by atoms with E-state index in [0.29, 0.717) is 17.1 Å². The molecule has 33 heavy (non-hydrogen) atoms. The van der Waals surface area contributed by atoms with Crippen molar-refractivity contribution in [3.63, 3.8) is 0 Å². The fourth-order valence-electron chi connectivity index (χ4n) is 4.02. The van der Waals surface area contributed by atoms with E-state index in [1.165, 1.54) is 17.0 Å². The molecule has 4 aromatic rings. The second-order valence-electron chi connectivity index (χ2n) is 7.97. The fraction of sp³-hybridized carbons (Fsp3) is 0.111. The minimum Gasteiger partial charge on any atom is -0.457 e. The third-order valence-electron chi connectivity index (χ3n) is 5.73. The second-order valence-corrected chi connectivity index (χ2v) is 7.97. The van der Waals surface area contributed by atoms with Crippen LogP contribution in [0.5, 0.6) is 11.5 Å². The summed E-state index contributed by atoms with van der Waals surface area (Å²) in [5.41, 5.74) is 1.21. The third-order valence-corrected chi connectivity index (χ3v) is 5.73. The number of benzene rings is 4. The molecule has 0 radical (unpaired) electrons. The van der Waals surface area contributed by atoms with E-state index in [9.17, 15) is 14.0 Å². The Hall–Kier alpha value is -4.19. The first kappa shape index (κ1) is 20.7. The van der Waals surface area contributed by atoms with Crippen LogP contribution in [-0.4, -0.2) is 18.4 Å². The van der Waals surface area contributed by atoms with Gasteiger partial charge in [-0.05, 0) is 60.0 Å². The van der Waals surface area contributed by atoms with Gasteiger partial charge in [-0.2, -0.15) is 0 Å². The molecule has 0 aromatic heterocycles. The number of carbonyl (C=O) groups is 2. The molecule has 1 saturated heterocycles. The van der Waals surface area contributed by atoms with E-state index >= 15 is 0 Å². The number of hydrogen-bond acceptors (Lipinski definition) is 3. The lowest BCUT2D eigenvalue weighted by Gasteiger charge is -2.16. The molecule has 0 aliphatic carbocycles. The van der Waals surface area contributed by atoms with Gasteiger partial charge in [-0.25, -0.2) is 4.39 Å². The number of carbonyl (C=O) groups excluding carboxylic acids is 2. The van der Waals surface area contributed by atoms with Gasteiger partial charge in [-0.1, -0.05) is 36.4 Å². The van der Waals surface area contributed by atoms with Crippen LogP contribution in [-0.2, 0) is 9.59 Å². The Balaban J connectivity index is 1.23. The minimum atomic E-state index is -0.478. The van der Waals surface area contributed by atoms with E-state index in [-0.39, 0.29) is 30.6 Å². The summed E-state index contributed by atoms with van der Waals surface area (Å²) in [6.45, 7) is 0.262. The van der Waals surface area contributed by atoms with Crippen LogP contribution in [0.25, 0.3) is 10.8 Å². The molecule has 0 unspecified atom stereocenters. The van der Waals surface area contributed by atoms with Gasteiger partial charge in [0.1, 0.15) is 17.3 Å². The summed E-state index contributed by atoms with van der Waals surface area (Å²) in [6.07, 6.45) is 0.117. The average Bonchev–Trinajstić information content (AvgIpc) is 3.23. The lowest BCUT2D eigenvalue weighted by molar-refractivity contribution is -0.122. The van der Waals surface area contributed by atoms with Crippen molar-refractivity contribution in [1.82, 2.24) is 0 Å². The zero-order chi connectivity index (χ0) is 22.8. The van der Waals surface area contributed by atoms with Gasteiger partial charge in [0.2, 0.25) is 11.8 Å². The van der Waals surface area contributed by atoms with Gasteiger partial charge in [-0.15, -0.1) is 0 Å². The number of rotatable bonds is 5. The maximum Gasteiger partial charge on any atom is 0.229 e. The summed E-state index contributed by atoms with van der Waals surface area (Å²) in [4.78, 5) is 26.6. The monoisotopic (exact) mass is 440 g/mol. The summed E-state index contributed by atoms with van der Waals surface area (Å²) in [6, 6.07) is 26.7. The maximum atomic E-state index is 13.2. The van der Waals surface area contributed by atoms with Crippen LogP contribution in [0.2, 0.25) is 0 Å². The van der Waals surface area contributed by atoms with Crippen molar-refractivity contribution in [3.05, 3.63) is 96.8 Å². The number of fused-ring (bicyclic) bond motifs is 1. The van der Waals surface area contributed by atoms with Crippen molar-refractivity contribution in [1.29, 1.82) is 0 Å². The zero-order valence-corrected chi connectivity index (χ0v) is 17.7. The predicted octanol–water partition coefficient (Wildman–Crippen LogP) is 5.76. The smallest absolute Gasteiger partial charge is 0.229 e. The number of nitrogens with one attached hydrogen (secondary N) is 1. The first-order chi connectivity index (χ1) is 16.1. The van der Waals surface area contributed by atoms with Crippen LogP contribution in [0.15, 0.2) is 91.0 Å². The van der Waals surface area contributed by atoms with Crippen molar-refractivity contribution in [2.24, 2.45) is 5.92 Å². The van der Waals surface area contributed by atoms with Crippen LogP contribution >= 0.6 is 0 Å². The second kappa shape index (κ2) is 8.74. The molecule has 6 heteroatoms. The van der Waals surface area contributed by atoms with Crippen molar-refractivity contribution < 1.29 is 18.7 Å². The van der Waals surface area contributed by atoms with Crippen LogP contribution in [0, 0.1) is 11.7 Å². The highest BCUT2D eigenvalue weighted by Gasteiger charge is 2.35. The summed E-state index contributed by atoms with van der Waals surface area (Å²) in [5.74, 6) is 0.191. The van der Waals surface area contributed by atoms with E-state index in [4.69, 9.17) is 4.74 Å². The molecule has 1 heterocycles. The highest BCUT2D eigenvalue weighted by atomic mass is 19.1. The Morgan fingerprint density at radius 3 is 2.42 bits per heavy atom. The van der Waals surface area contributed by atoms with E-state index in [0.717, 1.165) is 16.5 Å². The van der Waals surface area contributed by atoms with E-state index < -0.39 is 5.92 Å². The molecule has 1 fully saturated rings. The lowest BCUT2D eigenvalue weighted by Crippen LogP contribution is -2.28. The molecule has 5 rings (SSSR count). The number of ether oxygens (including phenoxy) is 1. The number of hydrogen-bond donors (Lipinski definition) is 1. The molecular formula is C27H21FN2O3. The summed E-state index contributed by atoms with van der Waals surface area (Å²) < 4.78 is 19.2. The summed E-state index contributed by atoms with van der Waals surface area (Å²) in [5, 5.41) is 4.99. The van der Waals surface area contributed by atoms with Crippen LogP contribution in [0.3, 0.4) is 0 Å². The molecular weight excluding hydrogens is 419 g/mol. The van der Waals surface area contributed by atoms with Crippen LogP contribution < -0.4 is 15.0 Å². The largest absolute Gasteiger partial charge is 0.457 e. The molecule has 1 N–H and O–H groups in total. The Morgan fingerprint density at radius 2 is 1.64 bits per heavy atom. The van der Waals surface area contributed by atoms with Crippen molar-refractivity contribution >= 4 is 34.0 Å². The zero-order valence-electron chi connectivity index (χ0n) is 17.7. The number of anilines is 2. The van der Waals surface area contributed by atoms with E-state index in [1.807, 2.05) is 42.5 Å². The van der Waals surface area contributed by atoms with Gasteiger partial charge in [0.15, 0.2) is 0 Å². The average molecular weight is 440 g/mol. The molecule has 0 bridgehead atoms.